The van der Waals surface area contributed by atoms with E-state index < -0.39 is 9.84 Å². The quantitative estimate of drug-likeness (QED) is 0.673. The Morgan fingerprint density at radius 2 is 1.94 bits per heavy atom. The third kappa shape index (κ3) is 4.73. The van der Waals surface area contributed by atoms with Gasteiger partial charge in [-0.25, -0.2) is 8.42 Å². The van der Waals surface area contributed by atoms with Gasteiger partial charge in [0.15, 0.2) is 20.8 Å². The zero-order valence-corrected chi connectivity index (χ0v) is 19.8. The Kier molecular flexibility index (Phi) is 6.13. The van der Waals surface area contributed by atoms with E-state index in [1.165, 1.54) is 18.7 Å². The summed E-state index contributed by atoms with van der Waals surface area (Å²) in [7, 11) is -3.18. The molecule has 0 aliphatic carbocycles. The molecule has 168 valence electrons. The van der Waals surface area contributed by atoms with Crippen LogP contribution in [0.5, 0.6) is 0 Å². The highest BCUT2D eigenvalue weighted by molar-refractivity contribution is 8.14. The number of benzene rings is 2. The molecule has 2 atom stereocenters. The second-order valence-corrected chi connectivity index (χ2v) is 11.4. The average Bonchev–Trinajstić information content (AvgIpc) is 3.19. The standard InChI is InChI=1S/C23H25N3O4S2/c1-14-7-8-19(15(2)9-14)24-22(28)11-31-23-25-20-12-32(29,30)13-21(20)26(23)18-6-4-5-17(10-18)16(3)27/h4-10,20-21H,11-13H2,1-3H3,(H,24,28)/t20-,21+/m0/s1. The fourth-order valence-electron chi connectivity index (χ4n) is 4.08. The number of nitrogens with one attached hydrogen (secondary N) is 1. The van der Waals surface area contributed by atoms with Crippen LogP contribution in [0.15, 0.2) is 47.5 Å². The first kappa shape index (κ1) is 22.5. The average molecular weight is 472 g/mol. The topological polar surface area (TPSA) is 95.9 Å². The number of carbonyl (C=O) groups is 2. The lowest BCUT2D eigenvalue weighted by atomic mass is 10.1. The van der Waals surface area contributed by atoms with Crippen molar-refractivity contribution in [3.05, 3.63) is 59.2 Å². The third-order valence-electron chi connectivity index (χ3n) is 5.63. The molecular formula is C23H25N3O4S2. The highest BCUT2D eigenvalue weighted by atomic mass is 32.2. The molecular weight excluding hydrogens is 446 g/mol. The Labute approximate surface area is 192 Å². The van der Waals surface area contributed by atoms with E-state index in [1.54, 1.807) is 18.2 Å². The molecule has 7 nitrogen and oxygen atoms in total. The fourth-order valence-corrected chi connectivity index (χ4v) is 6.85. The molecule has 1 fully saturated rings. The number of aliphatic imine (C=N–C) groups is 1. The van der Waals surface area contributed by atoms with E-state index >= 15 is 0 Å². The predicted molar refractivity (Wildman–Crippen MR) is 130 cm³/mol. The van der Waals surface area contributed by atoms with Crippen molar-refractivity contribution in [2.24, 2.45) is 4.99 Å². The van der Waals surface area contributed by atoms with E-state index in [1.807, 2.05) is 43.0 Å². The van der Waals surface area contributed by atoms with E-state index in [-0.39, 0.29) is 41.0 Å². The van der Waals surface area contributed by atoms with Crippen LogP contribution >= 0.6 is 11.8 Å². The summed E-state index contributed by atoms with van der Waals surface area (Å²) in [6, 6.07) is 12.2. The van der Waals surface area contributed by atoms with Crippen molar-refractivity contribution in [2.45, 2.75) is 32.9 Å². The summed E-state index contributed by atoms with van der Waals surface area (Å²) in [5.41, 5.74) is 4.14. The smallest absolute Gasteiger partial charge is 0.234 e. The second kappa shape index (κ2) is 8.71. The maximum absolute atomic E-state index is 12.6. The van der Waals surface area contributed by atoms with Crippen LogP contribution < -0.4 is 10.2 Å². The first-order valence-corrected chi connectivity index (χ1v) is 13.1. The molecule has 0 spiro atoms. The van der Waals surface area contributed by atoms with Gasteiger partial charge in [-0.1, -0.05) is 41.6 Å². The van der Waals surface area contributed by atoms with Crippen molar-refractivity contribution < 1.29 is 18.0 Å². The maximum Gasteiger partial charge on any atom is 0.234 e. The Morgan fingerprint density at radius 3 is 2.66 bits per heavy atom. The van der Waals surface area contributed by atoms with Crippen LogP contribution in [-0.4, -0.2) is 54.6 Å². The van der Waals surface area contributed by atoms with Gasteiger partial charge in [0.2, 0.25) is 5.91 Å². The van der Waals surface area contributed by atoms with Gasteiger partial charge >= 0.3 is 0 Å². The molecule has 4 rings (SSSR count). The minimum Gasteiger partial charge on any atom is -0.325 e. The molecule has 2 aromatic carbocycles. The Morgan fingerprint density at radius 1 is 1.16 bits per heavy atom. The van der Waals surface area contributed by atoms with Crippen LogP contribution in [0.1, 0.15) is 28.4 Å². The molecule has 0 saturated carbocycles. The van der Waals surface area contributed by atoms with Gasteiger partial charge in [-0.3, -0.25) is 14.6 Å². The summed E-state index contributed by atoms with van der Waals surface area (Å²) in [6.07, 6.45) is 0. The van der Waals surface area contributed by atoms with E-state index in [9.17, 15) is 18.0 Å². The van der Waals surface area contributed by atoms with E-state index in [2.05, 4.69) is 10.3 Å². The summed E-state index contributed by atoms with van der Waals surface area (Å²) in [6.45, 7) is 5.44. The molecule has 9 heteroatoms. The molecule has 2 aromatic rings. The number of hydrogen-bond acceptors (Lipinski definition) is 7. The minimum absolute atomic E-state index is 0.000612. The van der Waals surface area contributed by atoms with Crippen molar-refractivity contribution in [1.29, 1.82) is 0 Å². The number of anilines is 2. The van der Waals surface area contributed by atoms with Gasteiger partial charge in [0.1, 0.15) is 0 Å². The number of thioether (sulfide) groups is 1. The van der Waals surface area contributed by atoms with Crippen LogP contribution in [0.4, 0.5) is 11.4 Å². The van der Waals surface area contributed by atoms with Crippen molar-refractivity contribution >= 4 is 49.8 Å². The highest BCUT2D eigenvalue weighted by Gasteiger charge is 2.47. The summed E-state index contributed by atoms with van der Waals surface area (Å²) < 4.78 is 24.4. The SMILES string of the molecule is CC(=O)c1cccc(N2C(SCC(=O)Nc3ccc(C)cc3C)=N[C@H]3CS(=O)(=O)C[C@H]32)c1. The van der Waals surface area contributed by atoms with Crippen LogP contribution in [0.3, 0.4) is 0 Å². The summed E-state index contributed by atoms with van der Waals surface area (Å²) in [5, 5.41) is 3.53. The zero-order chi connectivity index (χ0) is 23.0. The lowest BCUT2D eigenvalue weighted by Crippen LogP contribution is -2.39. The summed E-state index contributed by atoms with van der Waals surface area (Å²) in [4.78, 5) is 31.0. The molecule has 0 radical (unpaired) electrons. The van der Waals surface area contributed by atoms with E-state index in [0.29, 0.717) is 16.4 Å². The van der Waals surface area contributed by atoms with Crippen molar-refractivity contribution in [3.63, 3.8) is 0 Å². The molecule has 0 unspecified atom stereocenters. The second-order valence-electron chi connectivity index (χ2n) is 8.26. The number of carbonyl (C=O) groups excluding carboxylic acids is 2. The first-order chi connectivity index (χ1) is 15.1. The van der Waals surface area contributed by atoms with Crippen LogP contribution in [0.2, 0.25) is 0 Å². The molecule has 2 heterocycles. The van der Waals surface area contributed by atoms with Gasteiger partial charge in [0, 0.05) is 16.9 Å². The van der Waals surface area contributed by atoms with Gasteiger partial charge < -0.3 is 10.2 Å². The number of sulfone groups is 1. The number of Topliss-reactive ketones (excluding diaryl/α,β-unsaturated/α-hetero) is 1. The molecule has 1 amide bonds. The Balaban J connectivity index is 1.54. The van der Waals surface area contributed by atoms with Crippen LogP contribution in [0.25, 0.3) is 0 Å². The Hall–Kier alpha value is -2.65. The molecule has 0 bridgehead atoms. The van der Waals surface area contributed by atoms with Crippen LogP contribution in [-0.2, 0) is 14.6 Å². The number of ketones is 1. The highest BCUT2D eigenvalue weighted by Crippen LogP contribution is 2.35. The number of aryl methyl sites for hydroxylation is 2. The summed E-state index contributed by atoms with van der Waals surface area (Å²) >= 11 is 1.28. The first-order valence-electron chi connectivity index (χ1n) is 10.3. The van der Waals surface area contributed by atoms with Gasteiger partial charge in [0.05, 0.1) is 29.3 Å². The fraction of sp³-hybridized carbons (Fsp3) is 0.348. The molecule has 2 aliphatic heterocycles. The number of rotatable bonds is 5. The monoisotopic (exact) mass is 471 g/mol. The van der Waals surface area contributed by atoms with Crippen LogP contribution in [0, 0.1) is 13.8 Å². The zero-order valence-electron chi connectivity index (χ0n) is 18.2. The van der Waals surface area contributed by atoms with Gasteiger partial charge in [0.25, 0.3) is 0 Å². The molecule has 1 N–H and O–H groups in total. The van der Waals surface area contributed by atoms with Crippen molar-refractivity contribution in [1.82, 2.24) is 0 Å². The maximum atomic E-state index is 12.6. The van der Waals surface area contributed by atoms with E-state index in [4.69, 9.17) is 0 Å². The van der Waals surface area contributed by atoms with E-state index in [0.717, 1.165) is 16.8 Å². The number of nitrogens with zero attached hydrogens (tertiary/aromatic N) is 2. The number of hydrogen-bond donors (Lipinski definition) is 1. The molecule has 2 aliphatic rings. The summed E-state index contributed by atoms with van der Waals surface area (Å²) in [5.74, 6) is -0.0855. The lowest BCUT2D eigenvalue weighted by Gasteiger charge is -2.26. The number of amides is 1. The molecule has 32 heavy (non-hydrogen) atoms. The van der Waals surface area contributed by atoms with Crippen molar-refractivity contribution in [2.75, 3.05) is 27.5 Å². The molecule has 0 aromatic heterocycles. The lowest BCUT2D eigenvalue weighted by molar-refractivity contribution is -0.113. The normalized spacial score (nSPS) is 21.2. The van der Waals surface area contributed by atoms with Gasteiger partial charge in [-0.2, -0.15) is 0 Å². The minimum atomic E-state index is -3.18. The Bertz CT molecular complexity index is 1220. The van der Waals surface area contributed by atoms with Gasteiger partial charge in [-0.05, 0) is 44.5 Å². The largest absolute Gasteiger partial charge is 0.325 e. The molecule has 1 saturated heterocycles. The predicted octanol–water partition coefficient (Wildman–Crippen LogP) is 3.22. The van der Waals surface area contributed by atoms with Gasteiger partial charge in [-0.15, -0.1) is 0 Å². The third-order valence-corrected chi connectivity index (χ3v) is 8.29. The number of fused-ring (bicyclic) bond motifs is 1. The number of amidine groups is 1. The van der Waals surface area contributed by atoms with Crippen molar-refractivity contribution in [3.8, 4) is 0 Å².